The third-order valence-corrected chi connectivity index (χ3v) is 4.48. The van der Waals surface area contributed by atoms with Gasteiger partial charge in [-0.2, -0.15) is 16.4 Å². The number of aliphatic hydroxyl groups is 1. The lowest BCUT2D eigenvalue weighted by atomic mass is 9.99. The van der Waals surface area contributed by atoms with E-state index in [0.717, 1.165) is 11.3 Å². The molecule has 0 aliphatic carbocycles. The molecule has 22 heavy (non-hydrogen) atoms. The number of nitrogens with one attached hydrogen (secondary N) is 1. The fourth-order valence-corrected chi connectivity index (χ4v) is 3.01. The summed E-state index contributed by atoms with van der Waals surface area (Å²) in [7, 11) is 1.74. The van der Waals surface area contributed by atoms with E-state index in [9.17, 15) is 9.90 Å². The van der Waals surface area contributed by atoms with Crippen LogP contribution in [0, 0.1) is 6.92 Å². The number of rotatable bonds is 5. The van der Waals surface area contributed by atoms with Crippen LogP contribution in [0.15, 0.2) is 22.9 Å². The molecule has 2 aromatic rings. The van der Waals surface area contributed by atoms with E-state index in [1.165, 1.54) is 17.4 Å². The van der Waals surface area contributed by atoms with Crippen LogP contribution in [0.25, 0.3) is 6.08 Å². The molecule has 0 aliphatic rings. The first-order chi connectivity index (χ1) is 10.3. The molecule has 118 valence electrons. The monoisotopic (exact) mass is 339 g/mol. The van der Waals surface area contributed by atoms with E-state index in [4.69, 9.17) is 11.6 Å². The van der Waals surface area contributed by atoms with E-state index in [1.807, 2.05) is 23.8 Å². The topological polar surface area (TPSA) is 67.2 Å². The minimum atomic E-state index is -1.09. The van der Waals surface area contributed by atoms with Crippen LogP contribution in [0.2, 0.25) is 5.15 Å². The number of hydrogen-bond acceptors (Lipinski definition) is 4. The minimum Gasteiger partial charge on any atom is -0.384 e. The van der Waals surface area contributed by atoms with Gasteiger partial charge in [-0.15, -0.1) is 0 Å². The first-order valence-electron chi connectivity index (χ1n) is 6.71. The minimum absolute atomic E-state index is 0.132. The molecule has 0 unspecified atom stereocenters. The molecule has 0 radical (unpaired) electrons. The molecule has 0 aromatic carbocycles. The highest BCUT2D eigenvalue weighted by molar-refractivity contribution is 7.08. The number of hydrogen-bond donors (Lipinski definition) is 2. The summed E-state index contributed by atoms with van der Waals surface area (Å²) in [5.41, 5.74) is 1.16. The molecule has 1 amide bonds. The van der Waals surface area contributed by atoms with E-state index in [1.54, 1.807) is 24.7 Å². The summed E-state index contributed by atoms with van der Waals surface area (Å²) < 4.78 is 1.55. The van der Waals surface area contributed by atoms with Crippen molar-refractivity contribution in [3.63, 3.8) is 0 Å². The normalized spacial score (nSPS) is 14.2. The highest BCUT2D eigenvalue weighted by atomic mass is 35.5. The van der Waals surface area contributed by atoms with Gasteiger partial charge in [0.25, 0.3) is 0 Å². The Kier molecular flexibility index (Phi) is 5.05. The first-order valence-corrected chi connectivity index (χ1v) is 8.03. The van der Waals surface area contributed by atoms with Crippen molar-refractivity contribution < 1.29 is 9.90 Å². The summed E-state index contributed by atoms with van der Waals surface area (Å²) in [5, 5.41) is 21.4. The van der Waals surface area contributed by atoms with Crippen molar-refractivity contribution >= 4 is 34.9 Å². The van der Waals surface area contributed by atoms with Crippen LogP contribution in [0.1, 0.15) is 23.7 Å². The lowest BCUT2D eigenvalue weighted by Gasteiger charge is -2.22. The summed E-state index contributed by atoms with van der Waals surface area (Å²) in [6, 6.07) is 1.84. The van der Waals surface area contributed by atoms with Crippen LogP contribution < -0.4 is 5.32 Å². The number of aryl methyl sites for hydroxylation is 2. The third kappa shape index (κ3) is 3.76. The van der Waals surface area contributed by atoms with Crippen molar-refractivity contribution in [2.24, 2.45) is 7.05 Å². The molecule has 0 saturated heterocycles. The second-order valence-electron chi connectivity index (χ2n) is 5.25. The van der Waals surface area contributed by atoms with Gasteiger partial charge >= 0.3 is 0 Å². The molecule has 2 aromatic heterocycles. The zero-order valence-electron chi connectivity index (χ0n) is 12.6. The van der Waals surface area contributed by atoms with Crippen LogP contribution >= 0.6 is 22.9 Å². The van der Waals surface area contributed by atoms with E-state index < -0.39 is 5.60 Å². The molecule has 2 rings (SSSR count). The quantitative estimate of drug-likeness (QED) is 0.822. The molecule has 2 N–H and O–H groups in total. The average Bonchev–Trinajstić information content (AvgIpc) is 3.06. The van der Waals surface area contributed by atoms with Gasteiger partial charge < -0.3 is 10.4 Å². The molecule has 0 spiro atoms. The van der Waals surface area contributed by atoms with Gasteiger partial charge in [0.1, 0.15) is 10.8 Å². The van der Waals surface area contributed by atoms with Gasteiger partial charge in [-0.3, -0.25) is 9.48 Å². The lowest BCUT2D eigenvalue weighted by Crippen LogP contribution is -2.37. The van der Waals surface area contributed by atoms with Crippen LogP contribution in [-0.4, -0.2) is 27.3 Å². The van der Waals surface area contributed by atoms with Gasteiger partial charge in [-0.05, 0) is 42.3 Å². The van der Waals surface area contributed by atoms with Gasteiger partial charge in [0.2, 0.25) is 5.91 Å². The Bertz CT molecular complexity index is 690. The molecule has 1 atom stereocenters. The number of halogens is 1. The van der Waals surface area contributed by atoms with Crippen molar-refractivity contribution in [1.29, 1.82) is 0 Å². The third-order valence-electron chi connectivity index (χ3n) is 3.35. The number of amides is 1. The molecule has 5 nitrogen and oxygen atoms in total. The van der Waals surface area contributed by atoms with Gasteiger partial charge in [0.15, 0.2) is 0 Å². The zero-order chi connectivity index (χ0) is 16.3. The van der Waals surface area contributed by atoms with E-state index in [0.29, 0.717) is 10.7 Å². The Labute approximate surface area is 138 Å². The standard InChI is InChI=1S/C15H18ClN3O2S/c1-10-12(14(16)19(3)18-10)4-5-13(20)17-9-15(2,21)11-6-7-22-8-11/h4-8,21H,9H2,1-3H3,(H,17,20)/b5-4+/t15-/m0/s1. The lowest BCUT2D eigenvalue weighted by molar-refractivity contribution is -0.117. The van der Waals surface area contributed by atoms with Gasteiger partial charge in [0.05, 0.1) is 12.2 Å². The summed E-state index contributed by atoms with van der Waals surface area (Å²) in [4.78, 5) is 11.9. The van der Waals surface area contributed by atoms with Gasteiger partial charge in [-0.25, -0.2) is 0 Å². The average molecular weight is 340 g/mol. The number of carbonyl (C=O) groups is 1. The van der Waals surface area contributed by atoms with Crippen molar-refractivity contribution in [1.82, 2.24) is 15.1 Å². The number of aromatic nitrogens is 2. The highest BCUT2D eigenvalue weighted by Gasteiger charge is 2.23. The van der Waals surface area contributed by atoms with Crippen LogP contribution in [0.4, 0.5) is 0 Å². The Balaban J connectivity index is 1.97. The molecule has 2 heterocycles. The Morgan fingerprint density at radius 3 is 2.91 bits per heavy atom. The summed E-state index contributed by atoms with van der Waals surface area (Å²) in [6.07, 6.45) is 3.01. The second kappa shape index (κ2) is 6.64. The molecule has 0 fully saturated rings. The largest absolute Gasteiger partial charge is 0.384 e. The summed E-state index contributed by atoms with van der Waals surface area (Å²) in [5.74, 6) is -0.296. The Morgan fingerprint density at radius 2 is 2.36 bits per heavy atom. The predicted octanol–water partition coefficient (Wildman–Crippen LogP) is 2.48. The van der Waals surface area contributed by atoms with Crippen molar-refractivity contribution in [3.05, 3.63) is 44.9 Å². The molecular formula is C15H18ClN3O2S. The van der Waals surface area contributed by atoms with E-state index >= 15 is 0 Å². The molecule has 0 saturated carbocycles. The van der Waals surface area contributed by atoms with Gasteiger partial charge in [-0.1, -0.05) is 11.6 Å². The predicted molar refractivity (Wildman–Crippen MR) is 88.9 cm³/mol. The van der Waals surface area contributed by atoms with Gasteiger partial charge in [0, 0.05) is 18.7 Å². The Hall–Kier alpha value is -1.63. The van der Waals surface area contributed by atoms with Crippen molar-refractivity contribution in [2.45, 2.75) is 19.4 Å². The van der Waals surface area contributed by atoms with Crippen LogP contribution in [-0.2, 0) is 17.4 Å². The summed E-state index contributed by atoms with van der Waals surface area (Å²) >= 11 is 7.60. The number of carbonyl (C=O) groups excluding carboxylic acids is 1. The number of nitrogens with zero attached hydrogens (tertiary/aromatic N) is 2. The fraction of sp³-hybridized carbons (Fsp3) is 0.333. The second-order valence-corrected chi connectivity index (χ2v) is 6.39. The maximum absolute atomic E-state index is 11.9. The molecule has 0 bridgehead atoms. The maximum atomic E-state index is 11.9. The zero-order valence-corrected chi connectivity index (χ0v) is 14.2. The van der Waals surface area contributed by atoms with Crippen molar-refractivity contribution in [2.75, 3.05) is 6.54 Å². The number of thiophene rings is 1. The fourth-order valence-electron chi connectivity index (χ4n) is 1.99. The van der Waals surface area contributed by atoms with E-state index in [-0.39, 0.29) is 12.5 Å². The summed E-state index contributed by atoms with van der Waals surface area (Å²) in [6.45, 7) is 3.62. The highest BCUT2D eigenvalue weighted by Crippen LogP contribution is 2.22. The first kappa shape index (κ1) is 16.7. The van der Waals surface area contributed by atoms with E-state index in [2.05, 4.69) is 10.4 Å². The molecule has 0 aliphatic heterocycles. The SMILES string of the molecule is Cc1nn(C)c(Cl)c1/C=C/C(=O)NC[C@](C)(O)c1ccsc1. The van der Waals surface area contributed by atoms with Crippen LogP contribution in [0.3, 0.4) is 0 Å². The Morgan fingerprint density at radius 1 is 1.64 bits per heavy atom. The molecular weight excluding hydrogens is 322 g/mol. The van der Waals surface area contributed by atoms with Crippen molar-refractivity contribution in [3.8, 4) is 0 Å². The maximum Gasteiger partial charge on any atom is 0.244 e. The van der Waals surface area contributed by atoms with Crippen LogP contribution in [0.5, 0.6) is 0 Å². The molecule has 7 heteroatoms. The smallest absolute Gasteiger partial charge is 0.244 e.